The smallest absolute Gasteiger partial charge is 0.159 e. The van der Waals surface area contributed by atoms with Gasteiger partial charge in [0.1, 0.15) is 13.2 Å². The Balaban J connectivity index is 2.27. The largest absolute Gasteiger partial charge is 0.388 e. The summed E-state index contributed by atoms with van der Waals surface area (Å²) < 4.78 is 6.99. The van der Waals surface area contributed by atoms with Crippen LogP contribution in [0, 0.1) is 0 Å². The van der Waals surface area contributed by atoms with E-state index < -0.39 is 0 Å². The molecule has 0 amide bonds. The molecular formula is C8H13N3O2. The Morgan fingerprint density at radius 2 is 2.15 bits per heavy atom. The van der Waals surface area contributed by atoms with E-state index in [1.807, 2.05) is 4.57 Å². The number of hydrogen-bond acceptors (Lipinski definition) is 4. The third-order valence-corrected chi connectivity index (χ3v) is 2.16. The first kappa shape index (κ1) is 8.65. The molecule has 0 unspecified atom stereocenters. The van der Waals surface area contributed by atoms with Crippen LogP contribution in [0.1, 0.15) is 30.5 Å². The lowest BCUT2D eigenvalue weighted by Crippen LogP contribution is -2.06. The summed E-state index contributed by atoms with van der Waals surface area (Å²) in [6, 6.07) is 0.488. The molecule has 1 saturated carbocycles. The summed E-state index contributed by atoms with van der Waals surface area (Å²) in [6.45, 7) is 0.413. The lowest BCUT2D eigenvalue weighted by atomic mass is 10.5. The summed E-state index contributed by atoms with van der Waals surface area (Å²) in [4.78, 5) is 0. The number of hydrogen-bond donors (Lipinski definition) is 1. The second-order valence-corrected chi connectivity index (χ2v) is 3.22. The van der Waals surface area contributed by atoms with Crippen LogP contribution in [-0.2, 0) is 18.0 Å². The maximum atomic E-state index is 9.01. The van der Waals surface area contributed by atoms with Gasteiger partial charge in [-0.15, -0.1) is 10.2 Å². The van der Waals surface area contributed by atoms with Crippen molar-refractivity contribution < 1.29 is 9.84 Å². The van der Waals surface area contributed by atoms with Gasteiger partial charge in [-0.2, -0.15) is 0 Å². The summed E-state index contributed by atoms with van der Waals surface area (Å²) in [5.74, 6) is 1.46. The molecule has 72 valence electrons. The predicted octanol–water partition coefficient (Wildman–Crippen LogP) is 0.252. The Morgan fingerprint density at radius 1 is 1.46 bits per heavy atom. The molecule has 0 aliphatic heterocycles. The number of aliphatic hydroxyl groups excluding tert-OH is 1. The first-order chi connectivity index (χ1) is 6.36. The molecule has 0 radical (unpaired) electrons. The van der Waals surface area contributed by atoms with Gasteiger partial charge in [-0.1, -0.05) is 0 Å². The molecule has 1 heterocycles. The molecule has 1 aromatic rings. The third-order valence-electron chi connectivity index (χ3n) is 2.16. The van der Waals surface area contributed by atoms with Crippen LogP contribution in [0.4, 0.5) is 0 Å². The van der Waals surface area contributed by atoms with Crippen LogP contribution in [0.25, 0.3) is 0 Å². The molecule has 1 N–H and O–H groups in total. The molecule has 13 heavy (non-hydrogen) atoms. The summed E-state index contributed by atoms with van der Waals surface area (Å²) in [7, 11) is 1.63. The van der Waals surface area contributed by atoms with Crippen LogP contribution in [0.15, 0.2) is 0 Å². The van der Waals surface area contributed by atoms with E-state index in [4.69, 9.17) is 9.84 Å². The van der Waals surface area contributed by atoms with Gasteiger partial charge in [-0.3, -0.25) is 0 Å². The normalized spacial score (nSPS) is 16.5. The summed E-state index contributed by atoms with van der Waals surface area (Å²) in [5.41, 5.74) is 0. The fourth-order valence-corrected chi connectivity index (χ4v) is 1.45. The highest BCUT2D eigenvalue weighted by Gasteiger charge is 2.28. The van der Waals surface area contributed by atoms with Gasteiger partial charge in [0.05, 0.1) is 0 Å². The van der Waals surface area contributed by atoms with Gasteiger partial charge in [0, 0.05) is 13.2 Å². The Kier molecular flexibility index (Phi) is 2.28. The van der Waals surface area contributed by atoms with Gasteiger partial charge < -0.3 is 14.4 Å². The molecule has 0 aromatic carbocycles. The van der Waals surface area contributed by atoms with E-state index in [1.54, 1.807) is 7.11 Å². The zero-order valence-corrected chi connectivity index (χ0v) is 7.60. The van der Waals surface area contributed by atoms with Crippen molar-refractivity contribution in [3.63, 3.8) is 0 Å². The number of aromatic nitrogens is 3. The standard InChI is InChI=1S/C8H13N3O2/c1-13-5-8-10-9-7(4-12)11(8)6-2-3-6/h6,12H,2-5H2,1H3. The highest BCUT2D eigenvalue weighted by atomic mass is 16.5. The van der Waals surface area contributed by atoms with Gasteiger partial charge in [-0.05, 0) is 12.8 Å². The highest BCUT2D eigenvalue weighted by molar-refractivity contribution is 5.01. The fourth-order valence-electron chi connectivity index (χ4n) is 1.45. The summed E-state index contributed by atoms with van der Waals surface area (Å²) >= 11 is 0. The van der Waals surface area contributed by atoms with Crippen molar-refractivity contribution >= 4 is 0 Å². The predicted molar refractivity (Wildman–Crippen MR) is 44.9 cm³/mol. The van der Waals surface area contributed by atoms with Crippen LogP contribution >= 0.6 is 0 Å². The van der Waals surface area contributed by atoms with Crippen molar-refractivity contribution in [1.82, 2.24) is 14.8 Å². The monoisotopic (exact) mass is 183 g/mol. The van der Waals surface area contributed by atoms with Gasteiger partial charge >= 0.3 is 0 Å². The van der Waals surface area contributed by atoms with E-state index >= 15 is 0 Å². The number of ether oxygens (including phenoxy) is 1. The molecule has 1 aromatic heterocycles. The van der Waals surface area contributed by atoms with E-state index in [0.29, 0.717) is 18.5 Å². The molecule has 0 spiro atoms. The minimum absolute atomic E-state index is 0.0484. The Bertz CT molecular complexity index is 294. The maximum Gasteiger partial charge on any atom is 0.159 e. The summed E-state index contributed by atoms with van der Waals surface area (Å²) in [6.07, 6.45) is 2.31. The van der Waals surface area contributed by atoms with Gasteiger partial charge in [0.2, 0.25) is 0 Å². The molecule has 1 fully saturated rings. The lowest BCUT2D eigenvalue weighted by molar-refractivity contribution is 0.173. The van der Waals surface area contributed by atoms with E-state index in [1.165, 1.54) is 0 Å². The SMILES string of the molecule is COCc1nnc(CO)n1C1CC1. The molecule has 5 heteroatoms. The van der Waals surface area contributed by atoms with Crippen LogP contribution in [0.5, 0.6) is 0 Å². The molecule has 0 atom stereocenters. The number of rotatable bonds is 4. The Labute approximate surface area is 76.3 Å². The minimum Gasteiger partial charge on any atom is -0.388 e. The maximum absolute atomic E-state index is 9.01. The minimum atomic E-state index is -0.0484. The lowest BCUT2D eigenvalue weighted by Gasteiger charge is -2.05. The van der Waals surface area contributed by atoms with Crippen molar-refractivity contribution in [1.29, 1.82) is 0 Å². The molecule has 1 aliphatic rings. The van der Waals surface area contributed by atoms with Gasteiger partial charge in [0.25, 0.3) is 0 Å². The Morgan fingerprint density at radius 3 is 2.69 bits per heavy atom. The fraction of sp³-hybridized carbons (Fsp3) is 0.750. The van der Waals surface area contributed by atoms with E-state index in [9.17, 15) is 0 Å². The van der Waals surface area contributed by atoms with Crippen LogP contribution in [0.3, 0.4) is 0 Å². The zero-order valence-electron chi connectivity index (χ0n) is 7.60. The molecule has 0 bridgehead atoms. The average Bonchev–Trinajstić information content (AvgIpc) is 2.89. The van der Waals surface area contributed by atoms with Crippen molar-refractivity contribution in [2.45, 2.75) is 32.1 Å². The summed E-state index contributed by atoms with van der Waals surface area (Å²) in [5, 5.41) is 16.9. The Hall–Kier alpha value is -0.940. The van der Waals surface area contributed by atoms with E-state index in [2.05, 4.69) is 10.2 Å². The molecule has 2 rings (SSSR count). The molecule has 0 saturated heterocycles. The van der Waals surface area contributed by atoms with Crippen molar-refractivity contribution in [2.75, 3.05) is 7.11 Å². The first-order valence-corrected chi connectivity index (χ1v) is 4.39. The van der Waals surface area contributed by atoms with Gasteiger partial charge in [-0.25, -0.2) is 0 Å². The van der Waals surface area contributed by atoms with Crippen LogP contribution in [0.2, 0.25) is 0 Å². The van der Waals surface area contributed by atoms with Crippen molar-refractivity contribution in [3.8, 4) is 0 Å². The molecule has 5 nitrogen and oxygen atoms in total. The second kappa shape index (κ2) is 3.43. The van der Waals surface area contributed by atoms with Crippen LogP contribution < -0.4 is 0 Å². The second-order valence-electron chi connectivity index (χ2n) is 3.22. The van der Waals surface area contributed by atoms with E-state index in [0.717, 1.165) is 18.7 Å². The molecule has 1 aliphatic carbocycles. The van der Waals surface area contributed by atoms with E-state index in [-0.39, 0.29) is 6.61 Å². The van der Waals surface area contributed by atoms with Crippen molar-refractivity contribution in [2.24, 2.45) is 0 Å². The number of aliphatic hydroxyl groups is 1. The average molecular weight is 183 g/mol. The topological polar surface area (TPSA) is 60.2 Å². The highest BCUT2D eigenvalue weighted by Crippen LogP contribution is 2.36. The third kappa shape index (κ3) is 1.57. The van der Waals surface area contributed by atoms with Crippen molar-refractivity contribution in [3.05, 3.63) is 11.6 Å². The van der Waals surface area contributed by atoms with Gasteiger partial charge in [0.15, 0.2) is 11.6 Å². The quantitative estimate of drug-likeness (QED) is 0.727. The zero-order chi connectivity index (χ0) is 9.26. The first-order valence-electron chi connectivity index (χ1n) is 4.39. The molecular weight excluding hydrogens is 170 g/mol. The number of methoxy groups -OCH3 is 1. The van der Waals surface area contributed by atoms with Crippen LogP contribution in [-0.4, -0.2) is 27.0 Å². The number of nitrogens with zero attached hydrogens (tertiary/aromatic N) is 3.